The van der Waals surface area contributed by atoms with E-state index in [0.717, 1.165) is 18.2 Å². The second-order valence-electron chi connectivity index (χ2n) is 5.04. The number of imide groups is 1. The number of hydrogen-bond donors (Lipinski definition) is 1. The molecule has 0 bridgehead atoms. The zero-order chi connectivity index (χ0) is 17.3. The van der Waals surface area contributed by atoms with Gasteiger partial charge in [0.25, 0.3) is 11.8 Å². The average molecular weight is 332 g/mol. The zero-order valence-electron chi connectivity index (χ0n) is 12.2. The van der Waals surface area contributed by atoms with Gasteiger partial charge in [0.1, 0.15) is 5.70 Å². The fourth-order valence-electron chi connectivity index (χ4n) is 2.37. The Morgan fingerprint density at radius 2 is 1.50 bits per heavy atom. The van der Waals surface area contributed by atoms with Crippen LogP contribution in [0.1, 0.15) is 5.56 Å². The van der Waals surface area contributed by atoms with Crippen LogP contribution in [0.3, 0.4) is 0 Å². The summed E-state index contributed by atoms with van der Waals surface area (Å²) in [6.45, 7) is 0. The average Bonchev–Trinajstić information content (AvgIpc) is 2.81. The van der Waals surface area contributed by atoms with Crippen molar-refractivity contribution in [1.82, 2.24) is 0 Å². The summed E-state index contributed by atoms with van der Waals surface area (Å²) >= 11 is 0. The number of nitrogens with zero attached hydrogens (tertiary/aromatic N) is 1. The summed E-state index contributed by atoms with van der Waals surface area (Å²) in [6.07, 6.45) is -3.69. The Bertz CT molecular complexity index is 829. The summed E-state index contributed by atoms with van der Waals surface area (Å²) in [5.41, 5.74) is -1.05. The molecule has 0 atom stereocenters. The van der Waals surface area contributed by atoms with E-state index in [1.807, 2.05) is 0 Å². The highest BCUT2D eigenvalue weighted by molar-refractivity contribution is 6.31. The Kier molecular flexibility index (Phi) is 3.84. The number of carbonyl (C=O) groups is 2. The highest BCUT2D eigenvalue weighted by Gasteiger charge is 2.40. The molecule has 122 valence electrons. The number of nitrogens with one attached hydrogen (secondary N) is 1. The Labute approximate surface area is 135 Å². The molecule has 0 aromatic heterocycles. The summed E-state index contributed by atoms with van der Waals surface area (Å²) in [4.78, 5) is 25.0. The molecule has 4 nitrogen and oxygen atoms in total. The molecule has 2 aromatic carbocycles. The number of rotatable bonds is 3. The number of hydrogen-bond acceptors (Lipinski definition) is 3. The van der Waals surface area contributed by atoms with E-state index in [0.29, 0.717) is 10.6 Å². The lowest BCUT2D eigenvalue weighted by Gasteiger charge is -2.20. The molecule has 0 radical (unpaired) electrons. The minimum atomic E-state index is -4.67. The molecule has 0 saturated heterocycles. The van der Waals surface area contributed by atoms with Crippen molar-refractivity contribution in [3.8, 4) is 0 Å². The summed E-state index contributed by atoms with van der Waals surface area (Å²) in [7, 11) is 0. The van der Waals surface area contributed by atoms with E-state index in [2.05, 4.69) is 5.32 Å². The molecule has 0 unspecified atom stereocenters. The Hall–Kier alpha value is -3.09. The van der Waals surface area contributed by atoms with Crippen LogP contribution in [0.15, 0.2) is 66.4 Å². The Morgan fingerprint density at radius 1 is 0.875 bits per heavy atom. The summed E-state index contributed by atoms with van der Waals surface area (Å²) in [6, 6.07) is 13.0. The monoisotopic (exact) mass is 332 g/mol. The van der Waals surface area contributed by atoms with Crippen LogP contribution in [0.25, 0.3) is 0 Å². The molecule has 2 aromatic rings. The van der Waals surface area contributed by atoms with E-state index in [1.165, 1.54) is 12.1 Å². The lowest BCUT2D eigenvalue weighted by Crippen LogP contribution is -2.33. The molecule has 1 aliphatic rings. The smallest absolute Gasteiger partial charge is 0.351 e. The molecular weight excluding hydrogens is 321 g/mol. The lowest BCUT2D eigenvalue weighted by atomic mass is 10.1. The number of carbonyl (C=O) groups excluding carboxylic acids is 2. The highest BCUT2D eigenvalue weighted by Crippen LogP contribution is 2.38. The molecule has 7 heteroatoms. The Morgan fingerprint density at radius 3 is 2.17 bits per heavy atom. The maximum Gasteiger partial charge on any atom is 0.418 e. The van der Waals surface area contributed by atoms with Crippen molar-refractivity contribution in [2.45, 2.75) is 6.18 Å². The van der Waals surface area contributed by atoms with Gasteiger partial charge in [0.2, 0.25) is 0 Å². The lowest BCUT2D eigenvalue weighted by molar-refractivity contribution is -0.137. The molecule has 0 saturated carbocycles. The third-order valence-electron chi connectivity index (χ3n) is 3.42. The van der Waals surface area contributed by atoms with Gasteiger partial charge in [0.15, 0.2) is 0 Å². The molecule has 0 fully saturated rings. The van der Waals surface area contributed by atoms with Crippen LogP contribution >= 0.6 is 0 Å². The summed E-state index contributed by atoms with van der Waals surface area (Å²) in [5, 5.41) is 2.75. The van der Waals surface area contributed by atoms with E-state index in [9.17, 15) is 22.8 Å². The minimum absolute atomic E-state index is 0.0804. The first-order valence-electron chi connectivity index (χ1n) is 6.96. The van der Waals surface area contributed by atoms with Crippen molar-refractivity contribution in [3.63, 3.8) is 0 Å². The first-order valence-corrected chi connectivity index (χ1v) is 6.96. The van der Waals surface area contributed by atoms with Crippen molar-refractivity contribution >= 4 is 23.2 Å². The quantitative estimate of drug-likeness (QED) is 0.874. The SMILES string of the molecule is O=C1C=C(Nc2ccccc2)C(=O)N1c1ccccc1C(F)(F)F. The first kappa shape index (κ1) is 15.8. The maximum atomic E-state index is 13.1. The largest absolute Gasteiger partial charge is 0.418 e. The molecule has 24 heavy (non-hydrogen) atoms. The normalized spacial score (nSPS) is 14.8. The van der Waals surface area contributed by atoms with Gasteiger partial charge in [-0.25, -0.2) is 4.90 Å². The van der Waals surface area contributed by atoms with Gasteiger partial charge in [0.05, 0.1) is 11.3 Å². The van der Waals surface area contributed by atoms with Gasteiger partial charge >= 0.3 is 6.18 Å². The van der Waals surface area contributed by atoms with Crippen molar-refractivity contribution in [3.05, 3.63) is 71.9 Å². The van der Waals surface area contributed by atoms with Crippen LogP contribution in [-0.2, 0) is 15.8 Å². The van der Waals surface area contributed by atoms with Gasteiger partial charge in [-0.2, -0.15) is 13.2 Å². The molecule has 0 aliphatic carbocycles. The number of amides is 2. The topological polar surface area (TPSA) is 49.4 Å². The number of benzene rings is 2. The fourth-order valence-corrected chi connectivity index (χ4v) is 2.37. The van der Waals surface area contributed by atoms with Crippen LogP contribution in [-0.4, -0.2) is 11.8 Å². The van der Waals surface area contributed by atoms with Gasteiger partial charge in [-0.1, -0.05) is 30.3 Å². The van der Waals surface area contributed by atoms with Gasteiger partial charge in [-0.3, -0.25) is 9.59 Å². The zero-order valence-corrected chi connectivity index (χ0v) is 12.2. The van der Waals surface area contributed by atoms with E-state index in [1.54, 1.807) is 30.3 Å². The van der Waals surface area contributed by atoms with Crippen LogP contribution < -0.4 is 10.2 Å². The van der Waals surface area contributed by atoms with Gasteiger partial charge in [-0.15, -0.1) is 0 Å². The third-order valence-corrected chi connectivity index (χ3v) is 3.42. The van der Waals surface area contributed by atoms with Crippen molar-refractivity contribution in [1.29, 1.82) is 0 Å². The van der Waals surface area contributed by atoms with Crippen LogP contribution in [0.5, 0.6) is 0 Å². The second-order valence-corrected chi connectivity index (χ2v) is 5.04. The van der Waals surface area contributed by atoms with E-state index in [-0.39, 0.29) is 5.70 Å². The standard InChI is InChI=1S/C17H11F3N2O2/c18-17(19,20)12-8-4-5-9-14(12)22-15(23)10-13(16(22)24)21-11-6-2-1-3-7-11/h1-10,21H. The fraction of sp³-hybridized carbons (Fsp3) is 0.0588. The molecule has 1 heterocycles. The molecule has 1 N–H and O–H groups in total. The van der Waals surface area contributed by atoms with Gasteiger partial charge in [0, 0.05) is 11.8 Å². The van der Waals surface area contributed by atoms with E-state index in [4.69, 9.17) is 0 Å². The number of para-hydroxylation sites is 2. The second kappa shape index (κ2) is 5.84. The summed E-state index contributed by atoms with van der Waals surface area (Å²) in [5.74, 6) is -1.66. The molecule has 1 aliphatic heterocycles. The Balaban J connectivity index is 1.93. The van der Waals surface area contributed by atoms with Gasteiger partial charge < -0.3 is 5.32 Å². The number of halogens is 3. The third kappa shape index (κ3) is 2.88. The molecule has 3 rings (SSSR count). The van der Waals surface area contributed by atoms with Crippen molar-refractivity contribution in [2.24, 2.45) is 0 Å². The van der Waals surface area contributed by atoms with Crippen LogP contribution in [0, 0.1) is 0 Å². The molecule has 2 amide bonds. The number of anilines is 2. The first-order chi connectivity index (χ1) is 11.4. The summed E-state index contributed by atoms with van der Waals surface area (Å²) < 4.78 is 39.4. The minimum Gasteiger partial charge on any atom is -0.351 e. The molecule has 0 spiro atoms. The molecular formula is C17H11F3N2O2. The van der Waals surface area contributed by atoms with Crippen molar-refractivity contribution in [2.75, 3.05) is 10.2 Å². The van der Waals surface area contributed by atoms with E-state index < -0.39 is 29.2 Å². The van der Waals surface area contributed by atoms with Crippen molar-refractivity contribution < 1.29 is 22.8 Å². The van der Waals surface area contributed by atoms with Crippen LogP contribution in [0.2, 0.25) is 0 Å². The number of alkyl halides is 3. The van der Waals surface area contributed by atoms with Crippen LogP contribution in [0.4, 0.5) is 24.5 Å². The van der Waals surface area contributed by atoms with Gasteiger partial charge in [-0.05, 0) is 24.3 Å². The van der Waals surface area contributed by atoms with E-state index >= 15 is 0 Å². The highest BCUT2D eigenvalue weighted by atomic mass is 19.4. The predicted octanol–water partition coefficient (Wildman–Crippen LogP) is 3.57. The predicted molar refractivity (Wildman–Crippen MR) is 82.1 cm³/mol. The maximum absolute atomic E-state index is 13.1.